The number of carbonyl (C=O) groups is 1. The first-order chi connectivity index (χ1) is 15.0. The largest absolute Gasteiger partial charge is 0.294 e. The molecule has 0 unspecified atom stereocenters. The molecule has 31 heavy (non-hydrogen) atoms. The summed E-state index contributed by atoms with van der Waals surface area (Å²) in [5.74, 6) is -0.408. The van der Waals surface area contributed by atoms with Crippen molar-refractivity contribution in [1.29, 1.82) is 0 Å². The fourth-order valence-corrected chi connectivity index (χ4v) is 4.68. The van der Waals surface area contributed by atoms with Crippen molar-refractivity contribution in [2.24, 2.45) is 0 Å². The van der Waals surface area contributed by atoms with Gasteiger partial charge in [0.25, 0.3) is 0 Å². The molecule has 8 heteroatoms. The smallest absolute Gasteiger partial charge is 0.196 e. The van der Waals surface area contributed by atoms with Gasteiger partial charge in [0, 0.05) is 5.69 Å². The summed E-state index contributed by atoms with van der Waals surface area (Å²) in [6.07, 6.45) is 3.52. The van der Waals surface area contributed by atoms with Gasteiger partial charge in [0.2, 0.25) is 0 Å². The Morgan fingerprint density at radius 1 is 1.03 bits per heavy atom. The van der Waals surface area contributed by atoms with Gasteiger partial charge in [-0.15, -0.1) is 10.2 Å². The molecule has 0 bridgehead atoms. The van der Waals surface area contributed by atoms with Crippen molar-refractivity contribution in [3.05, 3.63) is 71.6 Å². The third-order valence-electron chi connectivity index (χ3n) is 5.56. The zero-order chi connectivity index (χ0) is 21.8. The second kappa shape index (κ2) is 9.70. The first-order valence-electron chi connectivity index (χ1n) is 10.4. The quantitative estimate of drug-likeness (QED) is 0.378. The Morgan fingerprint density at radius 2 is 1.74 bits per heavy atom. The SMILES string of the molecule is C[C@H](c1nnc(SCC(=O)c2ccccc2F)n1-c1ccc(F)cc1)N1CCCCC1. The number of carbonyl (C=O) groups excluding carboxylic acids is 1. The lowest BCUT2D eigenvalue weighted by molar-refractivity contribution is 0.101. The molecule has 2 aromatic carbocycles. The van der Waals surface area contributed by atoms with Gasteiger partial charge in [0.05, 0.1) is 17.4 Å². The lowest BCUT2D eigenvalue weighted by atomic mass is 10.1. The number of nitrogens with zero attached hydrogens (tertiary/aromatic N) is 4. The van der Waals surface area contributed by atoms with Crippen molar-refractivity contribution >= 4 is 17.5 Å². The molecule has 1 aliphatic rings. The molecule has 0 spiro atoms. The molecule has 1 saturated heterocycles. The van der Waals surface area contributed by atoms with Crippen LogP contribution in [-0.4, -0.2) is 44.3 Å². The number of rotatable bonds is 7. The summed E-state index contributed by atoms with van der Waals surface area (Å²) >= 11 is 1.20. The highest BCUT2D eigenvalue weighted by atomic mass is 32.2. The Kier molecular flexibility index (Phi) is 6.77. The van der Waals surface area contributed by atoms with Crippen LogP contribution in [0.15, 0.2) is 53.7 Å². The maximum Gasteiger partial charge on any atom is 0.196 e. The van der Waals surface area contributed by atoms with Crippen molar-refractivity contribution in [2.75, 3.05) is 18.8 Å². The number of hydrogen-bond acceptors (Lipinski definition) is 5. The fraction of sp³-hybridized carbons (Fsp3) is 0.348. The van der Waals surface area contributed by atoms with E-state index >= 15 is 0 Å². The highest BCUT2D eigenvalue weighted by Gasteiger charge is 2.26. The van der Waals surface area contributed by atoms with E-state index < -0.39 is 5.82 Å². The number of thioether (sulfide) groups is 1. The van der Waals surface area contributed by atoms with Crippen LogP contribution in [0.3, 0.4) is 0 Å². The maximum atomic E-state index is 14.0. The molecular weight excluding hydrogens is 418 g/mol. The minimum atomic E-state index is -0.535. The highest BCUT2D eigenvalue weighted by Crippen LogP contribution is 2.30. The van der Waals surface area contributed by atoms with E-state index in [9.17, 15) is 13.6 Å². The zero-order valence-electron chi connectivity index (χ0n) is 17.3. The molecule has 1 aromatic heterocycles. The van der Waals surface area contributed by atoms with Crippen molar-refractivity contribution in [3.63, 3.8) is 0 Å². The van der Waals surface area contributed by atoms with Gasteiger partial charge < -0.3 is 0 Å². The van der Waals surface area contributed by atoms with Crippen LogP contribution >= 0.6 is 11.8 Å². The van der Waals surface area contributed by atoms with E-state index in [4.69, 9.17) is 0 Å². The lowest BCUT2D eigenvalue weighted by Gasteiger charge is -2.31. The summed E-state index contributed by atoms with van der Waals surface area (Å²) in [6.45, 7) is 4.08. The molecule has 5 nitrogen and oxygen atoms in total. The predicted octanol–water partition coefficient (Wildman–Crippen LogP) is 5.07. The van der Waals surface area contributed by atoms with Crippen LogP contribution in [0.4, 0.5) is 8.78 Å². The summed E-state index contributed by atoms with van der Waals surface area (Å²) in [5.41, 5.74) is 0.788. The minimum absolute atomic E-state index is 0.0227. The van der Waals surface area contributed by atoms with Crippen molar-refractivity contribution < 1.29 is 13.6 Å². The molecule has 1 atom stereocenters. The standard InChI is InChI=1S/C23H24F2N4OS/c1-16(28-13-5-2-6-14-28)22-26-27-23(29(22)18-11-9-17(24)10-12-18)31-15-21(30)19-7-3-4-8-20(19)25/h3-4,7-12,16H,2,5-6,13-15H2,1H3/t16-/m1/s1. The molecule has 1 aliphatic heterocycles. The van der Waals surface area contributed by atoms with E-state index in [-0.39, 0.29) is 29.0 Å². The summed E-state index contributed by atoms with van der Waals surface area (Å²) in [6, 6.07) is 12.1. The number of Topliss-reactive ketones (excluding diaryl/α,β-unsaturated/α-hetero) is 1. The number of benzene rings is 2. The number of piperidine rings is 1. The van der Waals surface area contributed by atoms with Crippen LogP contribution in [0.25, 0.3) is 5.69 Å². The number of halogens is 2. The van der Waals surface area contributed by atoms with E-state index in [1.807, 2.05) is 4.57 Å². The number of likely N-dealkylation sites (tertiary alicyclic amines) is 1. The Morgan fingerprint density at radius 3 is 2.45 bits per heavy atom. The van der Waals surface area contributed by atoms with Crippen LogP contribution in [0, 0.1) is 11.6 Å². The monoisotopic (exact) mass is 442 g/mol. The molecule has 0 aliphatic carbocycles. The summed E-state index contributed by atoms with van der Waals surface area (Å²) in [4.78, 5) is 14.9. The van der Waals surface area contributed by atoms with E-state index in [0.29, 0.717) is 5.16 Å². The first kappa shape index (κ1) is 21.6. The molecule has 0 radical (unpaired) electrons. The molecule has 0 amide bonds. The van der Waals surface area contributed by atoms with E-state index in [1.165, 1.54) is 42.4 Å². The Labute approximate surface area is 184 Å². The van der Waals surface area contributed by atoms with Crippen LogP contribution in [0.5, 0.6) is 0 Å². The van der Waals surface area contributed by atoms with Crippen LogP contribution < -0.4 is 0 Å². The second-order valence-corrected chi connectivity index (χ2v) is 8.56. The third kappa shape index (κ3) is 4.85. The van der Waals surface area contributed by atoms with Gasteiger partial charge in [-0.3, -0.25) is 14.3 Å². The number of aromatic nitrogens is 3. The fourth-order valence-electron chi connectivity index (χ4n) is 3.84. The van der Waals surface area contributed by atoms with Crippen molar-refractivity contribution in [1.82, 2.24) is 19.7 Å². The second-order valence-electron chi connectivity index (χ2n) is 7.62. The van der Waals surface area contributed by atoms with Gasteiger partial charge in [-0.25, -0.2) is 8.78 Å². The van der Waals surface area contributed by atoms with Crippen LogP contribution in [0.2, 0.25) is 0 Å². The Balaban J connectivity index is 1.62. The van der Waals surface area contributed by atoms with Gasteiger partial charge in [-0.2, -0.15) is 0 Å². The van der Waals surface area contributed by atoms with Crippen LogP contribution in [-0.2, 0) is 0 Å². The topological polar surface area (TPSA) is 51.0 Å². The molecule has 162 valence electrons. The molecule has 2 heterocycles. The molecule has 4 rings (SSSR count). The van der Waals surface area contributed by atoms with Crippen LogP contribution in [0.1, 0.15) is 48.4 Å². The van der Waals surface area contributed by atoms with Crippen molar-refractivity contribution in [3.8, 4) is 5.69 Å². The van der Waals surface area contributed by atoms with Gasteiger partial charge in [0.1, 0.15) is 11.6 Å². The first-order valence-corrected chi connectivity index (χ1v) is 11.4. The average molecular weight is 443 g/mol. The highest BCUT2D eigenvalue weighted by molar-refractivity contribution is 7.99. The average Bonchev–Trinajstić information content (AvgIpc) is 3.22. The van der Waals surface area contributed by atoms with Crippen molar-refractivity contribution in [2.45, 2.75) is 37.4 Å². The zero-order valence-corrected chi connectivity index (χ0v) is 18.1. The number of ketones is 1. The van der Waals surface area contributed by atoms with Gasteiger partial charge in [-0.1, -0.05) is 30.3 Å². The molecule has 1 fully saturated rings. The Hall–Kier alpha value is -2.58. The van der Waals surface area contributed by atoms with E-state index in [1.54, 1.807) is 24.3 Å². The molecule has 0 N–H and O–H groups in total. The van der Waals surface area contributed by atoms with E-state index in [2.05, 4.69) is 22.0 Å². The predicted molar refractivity (Wildman–Crippen MR) is 117 cm³/mol. The summed E-state index contributed by atoms with van der Waals surface area (Å²) in [7, 11) is 0. The summed E-state index contributed by atoms with van der Waals surface area (Å²) in [5, 5.41) is 9.28. The van der Waals surface area contributed by atoms with E-state index in [0.717, 1.165) is 37.4 Å². The summed E-state index contributed by atoms with van der Waals surface area (Å²) < 4.78 is 29.4. The van der Waals surface area contributed by atoms with Gasteiger partial charge in [0.15, 0.2) is 16.8 Å². The maximum absolute atomic E-state index is 14.0. The van der Waals surface area contributed by atoms with Gasteiger partial charge >= 0.3 is 0 Å². The molecule has 3 aromatic rings. The Bertz CT molecular complexity index is 1050. The lowest BCUT2D eigenvalue weighted by Crippen LogP contribution is -2.33. The third-order valence-corrected chi connectivity index (χ3v) is 6.49. The normalized spacial score (nSPS) is 15.7. The minimum Gasteiger partial charge on any atom is -0.294 e. The molecular formula is C23H24F2N4OS. The molecule has 0 saturated carbocycles. The van der Waals surface area contributed by atoms with Gasteiger partial charge in [-0.05, 0) is 69.3 Å². The number of hydrogen-bond donors (Lipinski definition) is 0.